The monoisotopic (exact) mass is 413 g/mol. The number of rotatable bonds is 19. The molecule has 1 aliphatic rings. The van der Waals surface area contributed by atoms with Crippen LogP contribution >= 0.6 is 0 Å². The van der Waals surface area contributed by atoms with Crippen LogP contribution in [0, 0.1) is 0 Å². The number of carbonyl (C=O) groups is 1. The first-order valence-corrected chi connectivity index (χ1v) is 11.4. The summed E-state index contributed by atoms with van der Waals surface area (Å²) in [6, 6.07) is -0.189. The maximum Gasteiger partial charge on any atom is 0.412 e. The van der Waals surface area contributed by atoms with Crippen molar-refractivity contribution in [3.05, 3.63) is 12.2 Å². The van der Waals surface area contributed by atoms with Crippen molar-refractivity contribution in [3.63, 3.8) is 0 Å². The Balaban J connectivity index is 2.19. The van der Waals surface area contributed by atoms with Crippen LogP contribution in [0.3, 0.4) is 0 Å². The number of allylic oxidation sites excluding steroid dienone is 1. The number of amides is 1. The van der Waals surface area contributed by atoms with Gasteiger partial charge in [0.2, 0.25) is 0 Å². The molecule has 0 N–H and O–H groups in total. The third kappa shape index (κ3) is 11.6. The topological polar surface area (TPSA) is 57.2 Å². The van der Waals surface area contributed by atoms with E-state index in [4.69, 9.17) is 18.9 Å². The van der Waals surface area contributed by atoms with Gasteiger partial charge in [0.15, 0.2) is 0 Å². The SMILES string of the molecule is CCCCCCCCCCCCC/C=C/[C@@H](OCOC)[C@@H]1COC(=O)N1COC. The largest absolute Gasteiger partial charge is 0.447 e. The molecule has 0 radical (unpaired) electrons. The van der Waals surface area contributed by atoms with E-state index in [2.05, 4.69) is 13.0 Å². The maximum atomic E-state index is 11.9. The molecule has 1 aliphatic heterocycles. The molecule has 6 heteroatoms. The second kappa shape index (κ2) is 17.7. The van der Waals surface area contributed by atoms with Gasteiger partial charge in [0, 0.05) is 14.2 Å². The predicted octanol–water partition coefficient (Wildman–Crippen LogP) is 5.66. The fourth-order valence-corrected chi connectivity index (χ4v) is 3.62. The van der Waals surface area contributed by atoms with Gasteiger partial charge in [-0.25, -0.2) is 4.79 Å². The third-order valence-corrected chi connectivity index (χ3v) is 5.34. The zero-order valence-corrected chi connectivity index (χ0v) is 18.9. The predicted molar refractivity (Wildman–Crippen MR) is 116 cm³/mol. The van der Waals surface area contributed by atoms with Gasteiger partial charge in [-0.1, -0.05) is 83.3 Å². The Labute approximate surface area is 177 Å². The normalized spacial score (nSPS) is 18.0. The minimum Gasteiger partial charge on any atom is -0.447 e. The number of hydrogen-bond acceptors (Lipinski definition) is 5. The van der Waals surface area contributed by atoms with Crippen molar-refractivity contribution in [2.45, 2.75) is 96.1 Å². The highest BCUT2D eigenvalue weighted by atomic mass is 16.7. The van der Waals surface area contributed by atoms with Gasteiger partial charge < -0.3 is 18.9 Å². The quantitative estimate of drug-likeness (QED) is 0.155. The number of ether oxygens (including phenoxy) is 4. The molecule has 1 heterocycles. The molecule has 1 rings (SSSR count). The summed E-state index contributed by atoms with van der Waals surface area (Å²) in [7, 11) is 3.16. The van der Waals surface area contributed by atoms with Crippen molar-refractivity contribution in [3.8, 4) is 0 Å². The number of hydrogen-bond donors (Lipinski definition) is 0. The molecule has 0 bridgehead atoms. The second-order valence-electron chi connectivity index (χ2n) is 7.82. The van der Waals surface area contributed by atoms with Gasteiger partial charge in [-0.3, -0.25) is 4.90 Å². The van der Waals surface area contributed by atoms with E-state index < -0.39 is 0 Å². The van der Waals surface area contributed by atoms with Crippen LogP contribution in [0.1, 0.15) is 84.0 Å². The van der Waals surface area contributed by atoms with E-state index in [1.165, 1.54) is 70.6 Å². The first-order valence-electron chi connectivity index (χ1n) is 11.4. The fourth-order valence-electron chi connectivity index (χ4n) is 3.62. The molecule has 170 valence electrons. The van der Waals surface area contributed by atoms with Gasteiger partial charge in [-0.15, -0.1) is 0 Å². The van der Waals surface area contributed by atoms with Crippen molar-refractivity contribution < 1.29 is 23.7 Å². The highest BCUT2D eigenvalue weighted by Crippen LogP contribution is 2.19. The fraction of sp³-hybridized carbons (Fsp3) is 0.870. The van der Waals surface area contributed by atoms with E-state index in [1.807, 2.05) is 6.08 Å². The highest BCUT2D eigenvalue weighted by molar-refractivity contribution is 5.70. The van der Waals surface area contributed by atoms with E-state index in [-0.39, 0.29) is 31.8 Å². The van der Waals surface area contributed by atoms with Crippen LogP contribution in [-0.4, -0.2) is 57.5 Å². The number of unbranched alkanes of at least 4 members (excludes halogenated alkanes) is 11. The molecule has 0 spiro atoms. The molecule has 0 aromatic heterocycles. The lowest BCUT2D eigenvalue weighted by atomic mass is 10.0. The van der Waals surface area contributed by atoms with Crippen LogP contribution in [0.25, 0.3) is 0 Å². The van der Waals surface area contributed by atoms with Crippen LogP contribution in [0.5, 0.6) is 0 Å². The summed E-state index contributed by atoms with van der Waals surface area (Å²) in [5.41, 5.74) is 0. The summed E-state index contributed by atoms with van der Waals surface area (Å²) in [6.45, 7) is 2.95. The minimum absolute atomic E-state index is 0.180. The molecule has 0 saturated carbocycles. The van der Waals surface area contributed by atoms with Crippen molar-refractivity contribution in [1.29, 1.82) is 0 Å². The van der Waals surface area contributed by atoms with E-state index in [9.17, 15) is 4.79 Å². The summed E-state index contributed by atoms with van der Waals surface area (Å²) in [5, 5.41) is 0. The first kappa shape index (κ1) is 25.9. The average molecular weight is 414 g/mol. The summed E-state index contributed by atoms with van der Waals surface area (Å²) >= 11 is 0. The molecule has 0 aromatic carbocycles. The summed E-state index contributed by atoms with van der Waals surface area (Å²) in [5.74, 6) is 0. The summed E-state index contributed by atoms with van der Waals surface area (Å²) in [4.78, 5) is 13.4. The Hall–Kier alpha value is -1.11. The van der Waals surface area contributed by atoms with Crippen LogP contribution < -0.4 is 0 Å². The molecule has 1 amide bonds. The van der Waals surface area contributed by atoms with Crippen LogP contribution in [-0.2, 0) is 18.9 Å². The molecule has 29 heavy (non-hydrogen) atoms. The van der Waals surface area contributed by atoms with Crippen molar-refractivity contribution in [1.82, 2.24) is 4.90 Å². The highest BCUT2D eigenvalue weighted by Gasteiger charge is 2.38. The number of methoxy groups -OCH3 is 2. The Morgan fingerprint density at radius 3 is 2.21 bits per heavy atom. The Morgan fingerprint density at radius 2 is 1.62 bits per heavy atom. The molecule has 2 atom stereocenters. The number of carbonyl (C=O) groups excluding carboxylic acids is 1. The lowest BCUT2D eigenvalue weighted by molar-refractivity contribution is -0.0800. The summed E-state index contributed by atoms with van der Waals surface area (Å²) in [6.07, 6.45) is 19.4. The van der Waals surface area contributed by atoms with Gasteiger partial charge in [-0.2, -0.15) is 0 Å². The van der Waals surface area contributed by atoms with Gasteiger partial charge in [-0.05, 0) is 12.8 Å². The van der Waals surface area contributed by atoms with Crippen molar-refractivity contribution >= 4 is 6.09 Å². The molecular formula is C23H43NO5. The Kier molecular flexibility index (Phi) is 15.8. The first-order chi connectivity index (χ1) is 14.2. The molecule has 6 nitrogen and oxygen atoms in total. The molecular weight excluding hydrogens is 370 g/mol. The lowest BCUT2D eigenvalue weighted by Crippen LogP contribution is -2.43. The van der Waals surface area contributed by atoms with Crippen LogP contribution in [0.15, 0.2) is 12.2 Å². The number of nitrogens with zero attached hydrogens (tertiary/aromatic N) is 1. The molecule has 1 fully saturated rings. The van der Waals surface area contributed by atoms with Gasteiger partial charge in [0.1, 0.15) is 32.3 Å². The Morgan fingerprint density at radius 1 is 1.00 bits per heavy atom. The minimum atomic E-state index is -0.360. The van der Waals surface area contributed by atoms with E-state index in [1.54, 1.807) is 19.1 Å². The van der Waals surface area contributed by atoms with Gasteiger partial charge in [0.25, 0.3) is 0 Å². The van der Waals surface area contributed by atoms with Crippen molar-refractivity contribution in [2.75, 3.05) is 34.4 Å². The third-order valence-electron chi connectivity index (χ3n) is 5.34. The van der Waals surface area contributed by atoms with E-state index in [0.717, 1.165) is 6.42 Å². The number of cyclic esters (lactones) is 1. The smallest absolute Gasteiger partial charge is 0.412 e. The summed E-state index contributed by atoms with van der Waals surface area (Å²) < 4.78 is 21.1. The molecule has 1 saturated heterocycles. The molecule has 0 aromatic rings. The van der Waals surface area contributed by atoms with E-state index in [0.29, 0.717) is 6.61 Å². The van der Waals surface area contributed by atoms with Crippen molar-refractivity contribution in [2.24, 2.45) is 0 Å². The average Bonchev–Trinajstić information content (AvgIpc) is 3.08. The Bertz CT molecular complexity index is 429. The zero-order chi connectivity index (χ0) is 21.2. The van der Waals surface area contributed by atoms with E-state index >= 15 is 0 Å². The lowest BCUT2D eigenvalue weighted by Gasteiger charge is -2.26. The van der Waals surface area contributed by atoms with Gasteiger partial charge in [0.05, 0.1) is 0 Å². The van der Waals surface area contributed by atoms with Crippen LogP contribution in [0.2, 0.25) is 0 Å². The zero-order valence-electron chi connectivity index (χ0n) is 18.9. The standard InChI is InChI=1S/C23H43NO5/c1-4-5-6-7-8-9-10-11-12-13-14-15-16-17-22(29-20-27-3)21-18-28-23(25)24(21)19-26-2/h16-17,21-22H,4-15,18-20H2,1-3H3/b17-16+/t21-,22+/m0/s1. The molecule has 0 aliphatic carbocycles. The molecule has 0 unspecified atom stereocenters. The second-order valence-corrected chi connectivity index (χ2v) is 7.82. The maximum absolute atomic E-state index is 11.9. The van der Waals surface area contributed by atoms with Crippen LogP contribution in [0.4, 0.5) is 4.79 Å². The van der Waals surface area contributed by atoms with Gasteiger partial charge >= 0.3 is 6.09 Å².